The molecule has 1 aromatic carbocycles. The van der Waals surface area contributed by atoms with Gasteiger partial charge in [0, 0.05) is 12.1 Å². The zero-order valence-electron chi connectivity index (χ0n) is 28.2. The summed E-state index contributed by atoms with van der Waals surface area (Å²) in [5.41, 5.74) is 4.17. The van der Waals surface area contributed by atoms with E-state index in [9.17, 15) is 23.1 Å². The minimum Gasteiger partial charge on any atom is -0.478 e. The number of carboxylic acids is 1. The van der Waals surface area contributed by atoms with Crippen LogP contribution in [0.25, 0.3) is 5.57 Å². The minimum absolute atomic E-state index is 0.00870. The smallest absolute Gasteiger partial charge is 0.390 e. The normalized spacial score (nSPS) is 42.1. The van der Waals surface area contributed by atoms with Crippen LogP contribution in [-0.2, 0) is 0 Å². The van der Waals surface area contributed by atoms with Crippen molar-refractivity contribution in [3.63, 3.8) is 0 Å². The molecule has 0 radical (unpaired) electrons. The first-order chi connectivity index (χ1) is 20.9. The molecule has 248 valence electrons. The monoisotopic (exact) mass is 625 g/mol. The highest BCUT2D eigenvalue weighted by atomic mass is 19.4. The van der Waals surface area contributed by atoms with Gasteiger partial charge in [-0.15, -0.1) is 0 Å². The average molecular weight is 626 g/mol. The summed E-state index contributed by atoms with van der Waals surface area (Å²) in [4.78, 5) is 11.5. The Bertz CT molecular complexity index is 1380. The molecule has 2 N–H and O–H groups in total. The van der Waals surface area contributed by atoms with E-state index in [0.717, 1.165) is 50.5 Å². The number of hydrogen-bond acceptors (Lipinski definition) is 2. The van der Waals surface area contributed by atoms with E-state index in [1.807, 2.05) is 12.1 Å². The molecule has 4 fully saturated rings. The topological polar surface area (TPSA) is 49.3 Å². The van der Waals surface area contributed by atoms with Gasteiger partial charge in [0.1, 0.15) is 0 Å². The molecule has 0 saturated heterocycles. The second kappa shape index (κ2) is 10.7. The Labute approximate surface area is 268 Å². The number of nitrogens with one attached hydrogen (secondary N) is 1. The molecule has 0 spiro atoms. The highest BCUT2D eigenvalue weighted by molar-refractivity contribution is 5.88. The van der Waals surface area contributed by atoms with Gasteiger partial charge in [0.05, 0.1) is 12.0 Å². The molecule has 6 rings (SSSR count). The highest BCUT2D eigenvalue weighted by Gasteiger charge is 2.70. The van der Waals surface area contributed by atoms with E-state index in [2.05, 4.69) is 59.5 Å². The molecule has 0 aliphatic heterocycles. The predicted octanol–water partition coefficient (Wildman–Crippen LogP) is 10.3. The Balaban J connectivity index is 1.32. The lowest BCUT2D eigenvalue weighted by Gasteiger charge is -2.72. The summed E-state index contributed by atoms with van der Waals surface area (Å²) in [6, 6.07) is 7.42. The second-order valence-corrected chi connectivity index (χ2v) is 17.1. The summed E-state index contributed by atoms with van der Waals surface area (Å²) in [5.74, 6) is 1.38. The Morgan fingerprint density at radius 3 is 2.24 bits per heavy atom. The van der Waals surface area contributed by atoms with Crippen LogP contribution in [0.5, 0.6) is 0 Å². The molecule has 5 aliphatic rings. The van der Waals surface area contributed by atoms with Crippen LogP contribution < -0.4 is 5.32 Å². The lowest BCUT2D eigenvalue weighted by atomic mass is 9.33. The van der Waals surface area contributed by atoms with Crippen molar-refractivity contribution >= 4 is 11.5 Å². The number of allylic oxidation sites excluding steroid dienone is 3. The molecule has 0 amide bonds. The zero-order valence-corrected chi connectivity index (χ0v) is 28.2. The predicted molar refractivity (Wildman–Crippen MR) is 175 cm³/mol. The van der Waals surface area contributed by atoms with Crippen LogP contribution in [0, 0.1) is 51.2 Å². The standard InChI is InChI=1S/C39H54F3NO2/c1-24(2)27-14-19-38(43-23-22-39(40,41)42)21-20-36(6)29(32(27)38)12-13-31-35(5)17-15-28(25-8-10-26(11-9-25)33(44)45)34(3,4)30(35)16-18-37(31,36)7/h8-11,15,27,29-32,43H,1,12-14,16-23H2,2-7H3,(H,44,45). The number of alkyl halides is 3. The molecule has 9 unspecified atom stereocenters. The van der Waals surface area contributed by atoms with Gasteiger partial charge < -0.3 is 10.4 Å². The summed E-state index contributed by atoms with van der Waals surface area (Å²) in [5, 5.41) is 13.0. The van der Waals surface area contributed by atoms with Crippen molar-refractivity contribution in [1.29, 1.82) is 0 Å². The average Bonchev–Trinajstić information content (AvgIpc) is 3.32. The van der Waals surface area contributed by atoms with Crippen LogP contribution in [-0.4, -0.2) is 29.3 Å². The third-order valence-electron chi connectivity index (χ3n) is 15.0. The van der Waals surface area contributed by atoms with Gasteiger partial charge in [-0.25, -0.2) is 4.79 Å². The lowest BCUT2D eigenvalue weighted by Crippen LogP contribution is -2.68. The second-order valence-electron chi connectivity index (χ2n) is 17.1. The maximum absolute atomic E-state index is 13.2. The van der Waals surface area contributed by atoms with Crippen molar-refractivity contribution < 1.29 is 23.1 Å². The van der Waals surface area contributed by atoms with E-state index in [4.69, 9.17) is 0 Å². The molecule has 1 aromatic rings. The fourth-order valence-electron chi connectivity index (χ4n) is 12.8. The Hall–Kier alpha value is -2.08. The number of fused-ring (bicyclic) bond motifs is 7. The fraction of sp³-hybridized carbons (Fsp3) is 0.718. The van der Waals surface area contributed by atoms with E-state index in [-0.39, 0.29) is 33.7 Å². The van der Waals surface area contributed by atoms with E-state index < -0.39 is 18.6 Å². The van der Waals surface area contributed by atoms with Crippen molar-refractivity contribution in [3.8, 4) is 0 Å². The Morgan fingerprint density at radius 1 is 0.933 bits per heavy atom. The zero-order chi connectivity index (χ0) is 32.8. The van der Waals surface area contributed by atoms with Crippen LogP contribution in [0.3, 0.4) is 0 Å². The van der Waals surface area contributed by atoms with Gasteiger partial charge in [-0.2, -0.15) is 13.2 Å². The molecule has 9 atom stereocenters. The number of aromatic carboxylic acids is 1. The van der Waals surface area contributed by atoms with E-state index in [1.165, 1.54) is 24.0 Å². The Morgan fingerprint density at radius 2 is 1.62 bits per heavy atom. The van der Waals surface area contributed by atoms with E-state index in [1.54, 1.807) is 12.1 Å². The first-order valence-corrected chi connectivity index (χ1v) is 17.4. The van der Waals surface area contributed by atoms with Gasteiger partial charge in [0.15, 0.2) is 0 Å². The van der Waals surface area contributed by atoms with Crippen LogP contribution in [0.15, 0.2) is 42.5 Å². The number of carboxylic acid groups (broad SMARTS) is 1. The maximum Gasteiger partial charge on any atom is 0.390 e. The van der Waals surface area contributed by atoms with Gasteiger partial charge in [-0.3, -0.25) is 0 Å². The number of benzene rings is 1. The van der Waals surface area contributed by atoms with Crippen LogP contribution in [0.4, 0.5) is 13.2 Å². The number of carbonyl (C=O) groups is 1. The number of rotatable bonds is 6. The van der Waals surface area contributed by atoms with Crippen molar-refractivity contribution in [1.82, 2.24) is 5.32 Å². The minimum atomic E-state index is -4.14. The molecule has 3 nitrogen and oxygen atoms in total. The van der Waals surface area contributed by atoms with Crippen LogP contribution >= 0.6 is 0 Å². The highest BCUT2D eigenvalue weighted by Crippen LogP contribution is 2.76. The summed E-state index contributed by atoms with van der Waals surface area (Å²) in [7, 11) is 0. The first-order valence-electron chi connectivity index (χ1n) is 17.4. The maximum atomic E-state index is 13.2. The summed E-state index contributed by atoms with van der Waals surface area (Å²) in [6.45, 7) is 19.1. The summed E-state index contributed by atoms with van der Waals surface area (Å²) >= 11 is 0. The molecule has 45 heavy (non-hydrogen) atoms. The van der Waals surface area contributed by atoms with Gasteiger partial charge in [0.2, 0.25) is 0 Å². The van der Waals surface area contributed by atoms with Crippen molar-refractivity contribution in [2.75, 3.05) is 6.54 Å². The van der Waals surface area contributed by atoms with Crippen molar-refractivity contribution in [3.05, 3.63) is 53.6 Å². The van der Waals surface area contributed by atoms with Gasteiger partial charge in [-0.1, -0.05) is 65.0 Å². The van der Waals surface area contributed by atoms with Crippen LogP contribution in [0.1, 0.15) is 122 Å². The van der Waals surface area contributed by atoms with Crippen molar-refractivity contribution in [2.45, 2.75) is 117 Å². The molecule has 5 aliphatic carbocycles. The van der Waals surface area contributed by atoms with Crippen molar-refractivity contribution in [2.24, 2.45) is 51.2 Å². The SMILES string of the molecule is C=C(C)C1CCC2(NCCC(F)(F)F)CCC3(C)C(CCC4C5(C)CC=C(c6ccc(C(=O)O)cc6)C(C)(C)C5CCC43C)C12. The number of halogens is 3. The summed E-state index contributed by atoms with van der Waals surface area (Å²) < 4.78 is 39.7. The Kier molecular flexibility index (Phi) is 7.82. The molecule has 0 aromatic heterocycles. The quantitative estimate of drug-likeness (QED) is 0.309. The molecule has 0 heterocycles. The third-order valence-corrected chi connectivity index (χ3v) is 15.0. The van der Waals surface area contributed by atoms with Gasteiger partial charge in [0.25, 0.3) is 0 Å². The van der Waals surface area contributed by atoms with Gasteiger partial charge >= 0.3 is 12.1 Å². The molecule has 4 saturated carbocycles. The van der Waals surface area contributed by atoms with E-state index in [0.29, 0.717) is 35.2 Å². The van der Waals surface area contributed by atoms with E-state index >= 15 is 0 Å². The van der Waals surface area contributed by atoms with Gasteiger partial charge in [-0.05, 0) is 139 Å². The fourth-order valence-corrected chi connectivity index (χ4v) is 12.8. The largest absolute Gasteiger partial charge is 0.478 e. The molecular weight excluding hydrogens is 571 g/mol. The first kappa shape index (κ1) is 32.8. The molecule has 0 bridgehead atoms. The van der Waals surface area contributed by atoms with Crippen LogP contribution in [0.2, 0.25) is 0 Å². The summed E-state index contributed by atoms with van der Waals surface area (Å²) in [6.07, 6.45) is 7.25. The third kappa shape index (κ3) is 4.89. The molecule has 6 heteroatoms. The number of hydrogen-bond donors (Lipinski definition) is 2. The molecular formula is C39H54F3NO2. The lowest BCUT2D eigenvalue weighted by molar-refractivity contribution is -0.219.